The van der Waals surface area contributed by atoms with E-state index >= 15 is 0 Å². The topological polar surface area (TPSA) is 81.8 Å². The van der Waals surface area contributed by atoms with E-state index in [0.717, 1.165) is 22.4 Å². The molecule has 0 saturated heterocycles. The van der Waals surface area contributed by atoms with Crippen molar-refractivity contribution in [2.45, 2.75) is 13.2 Å². The van der Waals surface area contributed by atoms with Gasteiger partial charge in [0, 0.05) is 29.2 Å². The molecule has 0 atom stereocenters. The van der Waals surface area contributed by atoms with E-state index in [2.05, 4.69) is 10.3 Å². The third kappa shape index (κ3) is 4.87. The highest BCUT2D eigenvalue weighted by Gasteiger charge is 2.17. The fourth-order valence-corrected chi connectivity index (χ4v) is 3.61. The van der Waals surface area contributed by atoms with E-state index in [1.54, 1.807) is 26.4 Å². The van der Waals surface area contributed by atoms with Crippen LogP contribution in [0.5, 0.6) is 23.0 Å². The number of benzene rings is 3. The number of fused-ring (bicyclic) bond motifs is 1. The van der Waals surface area contributed by atoms with Crippen molar-refractivity contribution in [1.29, 1.82) is 0 Å². The summed E-state index contributed by atoms with van der Waals surface area (Å²) in [5, 5.41) is 4.02. The van der Waals surface area contributed by atoms with Crippen LogP contribution in [-0.4, -0.2) is 26.3 Å². The molecular weight excluding hydrogens is 420 g/mol. The minimum Gasteiger partial charge on any atom is -0.493 e. The minimum absolute atomic E-state index is 0.188. The molecule has 1 heterocycles. The van der Waals surface area contributed by atoms with Gasteiger partial charge in [-0.2, -0.15) is 0 Å². The van der Waals surface area contributed by atoms with Gasteiger partial charge in [-0.05, 0) is 35.9 Å². The molecule has 0 bridgehead atoms. The summed E-state index contributed by atoms with van der Waals surface area (Å²) in [6.07, 6.45) is 0. The van der Waals surface area contributed by atoms with Crippen LogP contribution in [-0.2, 0) is 13.2 Å². The summed E-state index contributed by atoms with van der Waals surface area (Å²) in [6, 6.07) is 21.2. The maximum atomic E-state index is 12.7. The Labute approximate surface area is 191 Å². The van der Waals surface area contributed by atoms with Crippen molar-refractivity contribution in [3.05, 3.63) is 88.2 Å². The maximum absolute atomic E-state index is 12.7. The zero-order valence-electron chi connectivity index (χ0n) is 18.8. The molecule has 0 aliphatic carbocycles. The summed E-state index contributed by atoms with van der Waals surface area (Å²) in [4.78, 5) is 15.6. The quantitative estimate of drug-likeness (QED) is 0.386. The fraction of sp³-hybridized carbons (Fsp3) is 0.192. The average molecular weight is 447 g/mol. The number of aromatic nitrogens is 1. The van der Waals surface area contributed by atoms with Crippen molar-refractivity contribution in [3.8, 4) is 23.0 Å². The zero-order chi connectivity index (χ0) is 23.2. The van der Waals surface area contributed by atoms with Crippen LogP contribution < -0.4 is 29.8 Å². The molecule has 3 aromatic carbocycles. The summed E-state index contributed by atoms with van der Waals surface area (Å²) in [6.45, 7) is 0.850. The Hall–Kier alpha value is -4.13. The van der Waals surface area contributed by atoms with Gasteiger partial charge in [-0.25, -0.2) is 0 Å². The van der Waals surface area contributed by atoms with Crippen LogP contribution >= 0.6 is 0 Å². The number of ether oxygens (including phenoxy) is 4. The number of anilines is 1. The van der Waals surface area contributed by atoms with Crippen molar-refractivity contribution in [2.24, 2.45) is 0 Å². The summed E-state index contributed by atoms with van der Waals surface area (Å²) < 4.78 is 22.2. The molecule has 33 heavy (non-hydrogen) atoms. The minimum atomic E-state index is -0.188. The van der Waals surface area contributed by atoms with Gasteiger partial charge in [0.15, 0.2) is 11.5 Å². The van der Waals surface area contributed by atoms with Crippen molar-refractivity contribution >= 4 is 16.6 Å². The first-order chi connectivity index (χ1) is 16.1. The largest absolute Gasteiger partial charge is 0.493 e. The van der Waals surface area contributed by atoms with Crippen LogP contribution in [0.4, 0.5) is 5.69 Å². The van der Waals surface area contributed by atoms with Gasteiger partial charge in [-0.15, -0.1) is 0 Å². The molecule has 7 heteroatoms. The number of hydrogen-bond acceptors (Lipinski definition) is 6. The normalized spacial score (nSPS) is 10.6. The van der Waals surface area contributed by atoms with Crippen LogP contribution in [0, 0.1) is 0 Å². The van der Waals surface area contributed by atoms with Crippen LogP contribution in [0.1, 0.15) is 11.1 Å². The third-order valence-electron chi connectivity index (χ3n) is 5.31. The van der Waals surface area contributed by atoms with Crippen LogP contribution in [0.25, 0.3) is 10.9 Å². The molecule has 1 aromatic heterocycles. The lowest BCUT2D eigenvalue weighted by molar-refractivity contribution is 0.306. The third-order valence-corrected chi connectivity index (χ3v) is 5.31. The Morgan fingerprint density at radius 3 is 2.24 bits per heavy atom. The lowest BCUT2D eigenvalue weighted by Crippen LogP contribution is -2.16. The molecule has 4 aromatic rings. The smallest absolute Gasteiger partial charge is 0.253 e. The molecule has 0 spiro atoms. The molecule has 0 amide bonds. The summed E-state index contributed by atoms with van der Waals surface area (Å²) in [5.41, 5.74) is 2.98. The monoisotopic (exact) mass is 446 g/mol. The van der Waals surface area contributed by atoms with Crippen LogP contribution in [0.2, 0.25) is 0 Å². The predicted octanol–water partition coefficient (Wildman–Crippen LogP) is 4.75. The van der Waals surface area contributed by atoms with E-state index in [0.29, 0.717) is 41.5 Å². The first-order valence-electron chi connectivity index (χ1n) is 10.5. The average Bonchev–Trinajstić information content (AvgIpc) is 2.86. The number of hydrogen-bond donors (Lipinski definition) is 2. The first-order valence-corrected chi connectivity index (χ1v) is 10.5. The number of H-pyrrole nitrogens is 1. The summed E-state index contributed by atoms with van der Waals surface area (Å²) in [5.74, 6) is 2.24. The first kappa shape index (κ1) is 22.1. The van der Waals surface area contributed by atoms with Crippen molar-refractivity contribution in [3.63, 3.8) is 0 Å². The molecule has 0 aliphatic heterocycles. The van der Waals surface area contributed by atoms with E-state index in [4.69, 9.17) is 18.9 Å². The molecule has 4 rings (SSSR count). The van der Waals surface area contributed by atoms with Gasteiger partial charge >= 0.3 is 0 Å². The van der Waals surface area contributed by atoms with Gasteiger partial charge in [0.1, 0.15) is 12.4 Å². The molecule has 0 aliphatic rings. The highest BCUT2D eigenvalue weighted by atomic mass is 16.5. The van der Waals surface area contributed by atoms with Crippen LogP contribution in [0.15, 0.2) is 71.5 Å². The SMILES string of the molecule is COc1cc2[nH]c(=O)c(CNc3ccc(OCc4ccccc4)cc3)cc2c(OC)c1OC. The Morgan fingerprint density at radius 2 is 1.58 bits per heavy atom. The van der Waals surface area contributed by atoms with E-state index in [9.17, 15) is 4.79 Å². The van der Waals surface area contributed by atoms with Crippen molar-refractivity contribution in [1.82, 2.24) is 4.98 Å². The Kier molecular flexibility index (Phi) is 6.69. The Morgan fingerprint density at radius 1 is 0.848 bits per heavy atom. The molecule has 7 nitrogen and oxygen atoms in total. The lowest BCUT2D eigenvalue weighted by Gasteiger charge is -2.15. The van der Waals surface area contributed by atoms with Gasteiger partial charge in [0.2, 0.25) is 5.75 Å². The molecule has 0 fully saturated rings. The highest BCUT2D eigenvalue weighted by Crippen LogP contribution is 2.42. The van der Waals surface area contributed by atoms with Crippen LogP contribution in [0.3, 0.4) is 0 Å². The molecule has 2 N–H and O–H groups in total. The van der Waals surface area contributed by atoms with Gasteiger partial charge in [-0.1, -0.05) is 30.3 Å². The zero-order valence-corrected chi connectivity index (χ0v) is 18.8. The number of methoxy groups -OCH3 is 3. The number of aromatic amines is 1. The van der Waals surface area contributed by atoms with Gasteiger partial charge in [0.05, 0.1) is 26.8 Å². The molecule has 0 saturated carbocycles. The highest BCUT2D eigenvalue weighted by molar-refractivity contribution is 5.90. The molecule has 0 unspecified atom stereocenters. The molecule has 170 valence electrons. The second-order valence-corrected chi connectivity index (χ2v) is 7.38. The molecule has 0 radical (unpaired) electrons. The molecular formula is C26H26N2O5. The predicted molar refractivity (Wildman–Crippen MR) is 129 cm³/mol. The van der Waals surface area contributed by atoms with E-state index < -0.39 is 0 Å². The fourth-order valence-electron chi connectivity index (χ4n) is 3.61. The van der Waals surface area contributed by atoms with E-state index in [-0.39, 0.29) is 5.56 Å². The van der Waals surface area contributed by atoms with Gasteiger partial charge < -0.3 is 29.2 Å². The standard InChI is InChI=1S/C26H26N2O5/c1-30-23-14-22-21(24(31-2)25(23)32-3)13-18(26(29)28-22)15-27-19-9-11-20(12-10-19)33-16-17-7-5-4-6-8-17/h4-14,27H,15-16H2,1-3H3,(H,28,29). The summed E-state index contributed by atoms with van der Waals surface area (Å²) >= 11 is 0. The van der Waals surface area contributed by atoms with E-state index in [1.165, 1.54) is 7.11 Å². The van der Waals surface area contributed by atoms with Gasteiger partial charge in [-0.3, -0.25) is 4.79 Å². The Bertz CT molecular complexity index is 1280. The number of rotatable bonds is 9. The Balaban J connectivity index is 1.49. The van der Waals surface area contributed by atoms with Crippen molar-refractivity contribution in [2.75, 3.05) is 26.6 Å². The lowest BCUT2D eigenvalue weighted by atomic mass is 10.1. The van der Waals surface area contributed by atoms with Crippen molar-refractivity contribution < 1.29 is 18.9 Å². The second kappa shape index (κ2) is 9.99. The van der Waals surface area contributed by atoms with E-state index in [1.807, 2.05) is 54.6 Å². The number of nitrogens with one attached hydrogen (secondary N) is 2. The maximum Gasteiger partial charge on any atom is 0.253 e. The summed E-state index contributed by atoms with van der Waals surface area (Å²) in [7, 11) is 4.65. The number of pyridine rings is 1. The second-order valence-electron chi connectivity index (χ2n) is 7.38. The van der Waals surface area contributed by atoms with Gasteiger partial charge in [0.25, 0.3) is 5.56 Å².